The van der Waals surface area contributed by atoms with Crippen molar-refractivity contribution in [3.05, 3.63) is 45.3 Å². The Hall–Kier alpha value is -1.57. The van der Waals surface area contributed by atoms with E-state index >= 15 is 0 Å². The van der Waals surface area contributed by atoms with Crippen molar-refractivity contribution in [2.45, 2.75) is 97.8 Å². The maximum Gasteiger partial charge on any atom is 0.339 e. The predicted molar refractivity (Wildman–Crippen MR) is 112 cm³/mol. The van der Waals surface area contributed by atoms with Crippen LogP contribution < -0.4 is 5.63 Å². The summed E-state index contributed by atoms with van der Waals surface area (Å²) in [5.41, 5.74) is 4.22. The molecule has 0 amide bonds. The van der Waals surface area contributed by atoms with E-state index in [-0.39, 0.29) is 5.63 Å². The average molecular weight is 357 g/mol. The Morgan fingerprint density at radius 2 is 1.31 bits per heavy atom. The van der Waals surface area contributed by atoms with Crippen molar-refractivity contribution in [1.29, 1.82) is 0 Å². The van der Waals surface area contributed by atoms with Crippen LogP contribution in [0.15, 0.2) is 27.4 Å². The lowest BCUT2D eigenvalue weighted by atomic mass is 9.94. The minimum Gasteiger partial charge on any atom is -0.422 e. The molecule has 0 bridgehead atoms. The number of hydrogen-bond acceptors (Lipinski definition) is 2. The van der Waals surface area contributed by atoms with Crippen molar-refractivity contribution in [2.24, 2.45) is 0 Å². The highest BCUT2D eigenvalue weighted by molar-refractivity contribution is 5.81. The van der Waals surface area contributed by atoms with E-state index in [9.17, 15) is 4.79 Å². The molecule has 1 heterocycles. The molecule has 0 aliphatic carbocycles. The number of rotatable bonds is 12. The SMILES string of the molecule is CCCCCc1ccc2cc(CCCCC)c(=O)oc2c1CCCCC. The molecule has 1 aromatic heterocycles. The largest absolute Gasteiger partial charge is 0.422 e. The summed E-state index contributed by atoms with van der Waals surface area (Å²) in [6.45, 7) is 6.65. The standard InChI is InChI=1S/C24H36O2/c1-4-7-10-13-19-16-17-20-18-21(14-11-8-5-2)24(25)26-23(20)22(19)15-12-9-6-3/h16-18H,4-15H2,1-3H3. The van der Waals surface area contributed by atoms with Crippen LogP contribution in [0, 0.1) is 0 Å². The highest BCUT2D eigenvalue weighted by Crippen LogP contribution is 2.26. The van der Waals surface area contributed by atoms with Gasteiger partial charge in [0, 0.05) is 10.9 Å². The lowest BCUT2D eigenvalue weighted by Crippen LogP contribution is -2.09. The van der Waals surface area contributed by atoms with Crippen LogP contribution in [-0.4, -0.2) is 0 Å². The third-order valence-corrected chi connectivity index (χ3v) is 5.30. The van der Waals surface area contributed by atoms with Crippen LogP contribution >= 0.6 is 0 Å². The summed E-state index contributed by atoms with van der Waals surface area (Å²) in [6.07, 6.45) is 13.6. The molecule has 0 atom stereocenters. The van der Waals surface area contributed by atoms with E-state index in [4.69, 9.17) is 4.42 Å². The van der Waals surface area contributed by atoms with Crippen molar-refractivity contribution in [1.82, 2.24) is 0 Å². The molecular weight excluding hydrogens is 320 g/mol. The van der Waals surface area contributed by atoms with E-state index < -0.39 is 0 Å². The van der Waals surface area contributed by atoms with Gasteiger partial charge in [-0.25, -0.2) is 4.79 Å². The van der Waals surface area contributed by atoms with Crippen LogP contribution in [0.2, 0.25) is 0 Å². The van der Waals surface area contributed by atoms with Gasteiger partial charge in [0.1, 0.15) is 5.58 Å². The third-order valence-electron chi connectivity index (χ3n) is 5.30. The molecule has 2 heteroatoms. The van der Waals surface area contributed by atoms with Crippen molar-refractivity contribution in [3.63, 3.8) is 0 Å². The Morgan fingerprint density at radius 3 is 1.92 bits per heavy atom. The first-order valence-corrected chi connectivity index (χ1v) is 10.8. The van der Waals surface area contributed by atoms with Crippen molar-refractivity contribution in [2.75, 3.05) is 0 Å². The van der Waals surface area contributed by atoms with Crippen LogP contribution in [0.3, 0.4) is 0 Å². The lowest BCUT2D eigenvalue weighted by molar-refractivity contribution is 0.539. The molecule has 0 fully saturated rings. The van der Waals surface area contributed by atoms with Gasteiger partial charge in [-0.15, -0.1) is 0 Å². The molecule has 2 rings (SSSR count). The molecule has 0 N–H and O–H groups in total. The van der Waals surface area contributed by atoms with Gasteiger partial charge in [-0.2, -0.15) is 0 Å². The fourth-order valence-corrected chi connectivity index (χ4v) is 3.69. The first-order valence-electron chi connectivity index (χ1n) is 10.8. The van der Waals surface area contributed by atoms with Crippen LogP contribution in [0.5, 0.6) is 0 Å². The molecule has 0 radical (unpaired) electrons. The predicted octanol–water partition coefficient (Wildman–Crippen LogP) is 6.99. The lowest BCUT2D eigenvalue weighted by Gasteiger charge is -2.13. The highest BCUT2D eigenvalue weighted by Gasteiger charge is 2.13. The van der Waals surface area contributed by atoms with Gasteiger partial charge in [-0.3, -0.25) is 0 Å². The van der Waals surface area contributed by atoms with Crippen LogP contribution in [0.1, 0.15) is 95.2 Å². The second-order valence-electron chi connectivity index (χ2n) is 7.55. The Morgan fingerprint density at radius 1 is 0.731 bits per heavy atom. The first-order chi connectivity index (χ1) is 12.7. The fourth-order valence-electron chi connectivity index (χ4n) is 3.69. The van der Waals surface area contributed by atoms with Gasteiger partial charge in [0.25, 0.3) is 0 Å². The van der Waals surface area contributed by atoms with Gasteiger partial charge in [-0.05, 0) is 55.7 Å². The van der Waals surface area contributed by atoms with E-state index in [1.807, 2.05) is 0 Å². The molecule has 0 saturated heterocycles. The minimum atomic E-state index is -0.129. The summed E-state index contributed by atoms with van der Waals surface area (Å²) in [4.78, 5) is 12.5. The van der Waals surface area contributed by atoms with Gasteiger partial charge >= 0.3 is 5.63 Å². The van der Waals surface area contributed by atoms with Gasteiger partial charge < -0.3 is 4.42 Å². The van der Waals surface area contributed by atoms with E-state index in [2.05, 4.69) is 39.0 Å². The van der Waals surface area contributed by atoms with E-state index in [0.29, 0.717) is 0 Å². The van der Waals surface area contributed by atoms with Crippen molar-refractivity contribution in [3.8, 4) is 0 Å². The number of fused-ring (bicyclic) bond motifs is 1. The Balaban J connectivity index is 2.35. The smallest absolute Gasteiger partial charge is 0.339 e. The number of benzene rings is 1. The molecule has 0 aliphatic rings. The Bertz CT molecular complexity index is 727. The Kier molecular flexibility index (Phi) is 8.94. The zero-order valence-corrected chi connectivity index (χ0v) is 17.0. The van der Waals surface area contributed by atoms with Crippen molar-refractivity contribution < 1.29 is 4.42 Å². The highest BCUT2D eigenvalue weighted by atomic mass is 16.4. The van der Waals surface area contributed by atoms with E-state index in [1.54, 1.807) is 0 Å². The first kappa shape index (κ1) is 20.7. The number of unbranched alkanes of at least 4 members (excludes halogenated alkanes) is 6. The van der Waals surface area contributed by atoms with E-state index in [0.717, 1.165) is 48.6 Å². The number of hydrogen-bond donors (Lipinski definition) is 0. The fraction of sp³-hybridized carbons (Fsp3) is 0.625. The molecule has 0 saturated carbocycles. The minimum absolute atomic E-state index is 0.129. The second kappa shape index (κ2) is 11.2. The number of aryl methyl sites for hydroxylation is 3. The Labute approximate surface area is 159 Å². The zero-order valence-electron chi connectivity index (χ0n) is 17.0. The van der Waals surface area contributed by atoms with E-state index in [1.165, 1.54) is 56.1 Å². The third kappa shape index (κ3) is 5.72. The summed E-state index contributed by atoms with van der Waals surface area (Å²) in [6, 6.07) is 6.51. The molecule has 0 spiro atoms. The van der Waals surface area contributed by atoms with Crippen LogP contribution in [0.25, 0.3) is 11.0 Å². The summed E-state index contributed by atoms with van der Waals surface area (Å²) < 4.78 is 5.88. The molecule has 26 heavy (non-hydrogen) atoms. The molecular formula is C24H36O2. The second-order valence-corrected chi connectivity index (χ2v) is 7.55. The molecule has 2 nitrogen and oxygen atoms in total. The summed E-state index contributed by atoms with van der Waals surface area (Å²) in [5.74, 6) is 0. The van der Waals surface area contributed by atoms with Gasteiger partial charge in [-0.1, -0.05) is 71.4 Å². The van der Waals surface area contributed by atoms with Crippen LogP contribution in [-0.2, 0) is 19.3 Å². The van der Waals surface area contributed by atoms with Crippen molar-refractivity contribution >= 4 is 11.0 Å². The van der Waals surface area contributed by atoms with Gasteiger partial charge in [0.15, 0.2) is 0 Å². The summed E-state index contributed by atoms with van der Waals surface area (Å²) in [7, 11) is 0. The maximum absolute atomic E-state index is 12.5. The average Bonchev–Trinajstić information content (AvgIpc) is 2.64. The molecule has 1 aromatic carbocycles. The quantitative estimate of drug-likeness (QED) is 0.303. The van der Waals surface area contributed by atoms with Gasteiger partial charge in [0.05, 0.1) is 0 Å². The summed E-state index contributed by atoms with van der Waals surface area (Å²) in [5, 5.41) is 1.10. The normalized spacial score (nSPS) is 11.3. The topological polar surface area (TPSA) is 30.2 Å². The van der Waals surface area contributed by atoms with Gasteiger partial charge in [0.2, 0.25) is 0 Å². The maximum atomic E-state index is 12.5. The molecule has 144 valence electrons. The molecule has 0 aliphatic heterocycles. The zero-order chi connectivity index (χ0) is 18.8. The summed E-state index contributed by atoms with van der Waals surface area (Å²) >= 11 is 0. The molecule has 0 unspecified atom stereocenters. The van der Waals surface area contributed by atoms with Crippen LogP contribution in [0.4, 0.5) is 0 Å². The molecule has 2 aromatic rings. The monoisotopic (exact) mass is 356 g/mol.